The number of carboxylic acids is 1. The van der Waals surface area contributed by atoms with E-state index in [4.69, 9.17) is 0 Å². The number of fused-ring (bicyclic) bond motifs is 1. The lowest BCUT2D eigenvalue weighted by molar-refractivity contribution is -0.143. The van der Waals surface area contributed by atoms with Crippen LogP contribution in [0, 0.1) is 17.3 Å². The van der Waals surface area contributed by atoms with Crippen molar-refractivity contribution in [2.24, 2.45) is 11.3 Å². The third kappa shape index (κ3) is 3.93. The van der Waals surface area contributed by atoms with Crippen molar-refractivity contribution >= 4 is 17.5 Å². The van der Waals surface area contributed by atoms with Gasteiger partial charge in [0.1, 0.15) is 5.82 Å². The minimum absolute atomic E-state index is 0.113. The SMILES string of the molecule is CC1c2cnc(-c3ncccn3)nc2CCN1c1cc(N2CC(C(=O)O)C(C)(C)C2)cc(F)n1. The van der Waals surface area contributed by atoms with Crippen LogP contribution in [0.5, 0.6) is 0 Å². The van der Waals surface area contributed by atoms with E-state index >= 15 is 0 Å². The molecule has 1 fully saturated rings. The predicted octanol–water partition coefficient (Wildman–Crippen LogP) is 3.14. The number of nitrogens with zero attached hydrogens (tertiary/aromatic N) is 7. The van der Waals surface area contributed by atoms with E-state index in [1.165, 1.54) is 6.07 Å². The van der Waals surface area contributed by atoms with E-state index in [2.05, 4.69) is 24.9 Å². The molecule has 5 heterocycles. The van der Waals surface area contributed by atoms with Crippen molar-refractivity contribution < 1.29 is 14.3 Å². The number of hydrogen-bond acceptors (Lipinski definition) is 8. The number of pyridine rings is 1. The highest BCUT2D eigenvalue weighted by atomic mass is 19.1. The van der Waals surface area contributed by atoms with Crippen LogP contribution < -0.4 is 9.80 Å². The number of carboxylic acid groups (broad SMARTS) is 1. The molecule has 0 radical (unpaired) electrons. The Kier molecular flexibility index (Phi) is 5.38. The maximum absolute atomic E-state index is 14.6. The van der Waals surface area contributed by atoms with Gasteiger partial charge in [-0.3, -0.25) is 4.79 Å². The lowest BCUT2D eigenvalue weighted by Gasteiger charge is -2.36. The summed E-state index contributed by atoms with van der Waals surface area (Å²) in [5.74, 6) is -0.465. The minimum atomic E-state index is -0.830. The van der Waals surface area contributed by atoms with Crippen LogP contribution in [-0.4, -0.2) is 55.6 Å². The second kappa shape index (κ2) is 8.27. The van der Waals surface area contributed by atoms with Gasteiger partial charge in [0.15, 0.2) is 11.6 Å². The quantitative estimate of drug-likeness (QED) is 0.584. The fourth-order valence-corrected chi connectivity index (χ4v) is 4.94. The van der Waals surface area contributed by atoms with E-state index in [9.17, 15) is 14.3 Å². The smallest absolute Gasteiger partial charge is 0.308 e. The highest BCUT2D eigenvalue weighted by Gasteiger charge is 2.44. The molecule has 2 unspecified atom stereocenters. The first-order chi connectivity index (χ1) is 16.2. The number of halogens is 1. The zero-order valence-corrected chi connectivity index (χ0v) is 19.3. The predicted molar refractivity (Wildman–Crippen MR) is 124 cm³/mol. The van der Waals surface area contributed by atoms with E-state index in [1.54, 1.807) is 24.7 Å². The van der Waals surface area contributed by atoms with Crippen molar-refractivity contribution in [3.8, 4) is 11.6 Å². The number of carbonyl (C=O) groups is 1. The molecule has 9 nitrogen and oxygen atoms in total. The Morgan fingerprint density at radius 2 is 1.91 bits per heavy atom. The van der Waals surface area contributed by atoms with Gasteiger partial charge in [0.2, 0.25) is 5.95 Å². The van der Waals surface area contributed by atoms with Gasteiger partial charge in [-0.05, 0) is 18.4 Å². The molecule has 0 saturated carbocycles. The van der Waals surface area contributed by atoms with Gasteiger partial charge >= 0.3 is 5.97 Å². The summed E-state index contributed by atoms with van der Waals surface area (Å²) < 4.78 is 14.6. The van der Waals surface area contributed by atoms with Crippen molar-refractivity contribution in [3.63, 3.8) is 0 Å². The lowest BCUT2D eigenvalue weighted by Crippen LogP contribution is -2.35. The van der Waals surface area contributed by atoms with E-state index < -0.39 is 23.2 Å². The number of anilines is 2. The van der Waals surface area contributed by atoms with Gasteiger partial charge in [-0.25, -0.2) is 24.9 Å². The van der Waals surface area contributed by atoms with Gasteiger partial charge in [-0.2, -0.15) is 4.39 Å². The molecule has 0 amide bonds. The van der Waals surface area contributed by atoms with Crippen molar-refractivity contribution in [1.82, 2.24) is 24.9 Å². The normalized spacial score (nSPS) is 21.4. The fourth-order valence-electron chi connectivity index (χ4n) is 4.94. The molecule has 0 spiro atoms. The van der Waals surface area contributed by atoms with Crippen LogP contribution >= 0.6 is 0 Å². The molecule has 2 aliphatic rings. The van der Waals surface area contributed by atoms with Gasteiger partial charge in [0.05, 0.1) is 17.7 Å². The average Bonchev–Trinajstić information content (AvgIpc) is 3.15. The maximum Gasteiger partial charge on any atom is 0.308 e. The molecule has 0 bridgehead atoms. The monoisotopic (exact) mass is 463 g/mol. The summed E-state index contributed by atoms with van der Waals surface area (Å²) in [7, 11) is 0. The molecule has 1 N–H and O–H groups in total. The molecule has 10 heteroatoms. The Hall–Kier alpha value is -3.69. The molecule has 0 aromatic carbocycles. The van der Waals surface area contributed by atoms with Crippen LogP contribution in [0.1, 0.15) is 38.1 Å². The van der Waals surface area contributed by atoms with Crippen LogP contribution in [0.2, 0.25) is 0 Å². The topological polar surface area (TPSA) is 108 Å². The van der Waals surface area contributed by atoms with Crippen LogP contribution in [-0.2, 0) is 11.2 Å². The lowest BCUT2D eigenvalue weighted by atomic mass is 9.82. The molecule has 3 aromatic heterocycles. The van der Waals surface area contributed by atoms with Crippen molar-refractivity contribution in [2.45, 2.75) is 33.2 Å². The standard InChI is InChI=1S/C24H26FN7O2/c1-14-16-11-28-22(21-26-6-4-7-27-21)29-18(16)5-8-32(14)20-10-15(9-19(25)30-20)31-12-17(23(33)34)24(2,3)13-31/h4,6-7,9-11,14,17H,5,8,12-13H2,1-3H3,(H,33,34). The fraction of sp³-hybridized carbons (Fsp3) is 0.417. The molecule has 1 saturated heterocycles. The Labute approximate surface area is 196 Å². The number of hydrogen-bond donors (Lipinski definition) is 1. The Morgan fingerprint density at radius 3 is 2.62 bits per heavy atom. The third-order valence-corrected chi connectivity index (χ3v) is 6.84. The van der Waals surface area contributed by atoms with Crippen molar-refractivity contribution in [3.05, 3.63) is 54.0 Å². The number of rotatable bonds is 4. The van der Waals surface area contributed by atoms with Crippen molar-refractivity contribution in [2.75, 3.05) is 29.4 Å². The van der Waals surface area contributed by atoms with Gasteiger partial charge in [0.25, 0.3) is 0 Å². The second-order valence-electron chi connectivity index (χ2n) is 9.55. The largest absolute Gasteiger partial charge is 0.481 e. The van der Waals surface area contributed by atoms with Gasteiger partial charge in [-0.15, -0.1) is 0 Å². The zero-order chi connectivity index (χ0) is 24.0. The molecule has 2 aliphatic heterocycles. The van der Waals surface area contributed by atoms with E-state index in [0.29, 0.717) is 49.2 Å². The highest BCUT2D eigenvalue weighted by Crippen LogP contribution is 2.40. The summed E-state index contributed by atoms with van der Waals surface area (Å²) in [5, 5.41) is 9.61. The van der Waals surface area contributed by atoms with Gasteiger partial charge in [-0.1, -0.05) is 13.8 Å². The molecule has 34 heavy (non-hydrogen) atoms. The van der Waals surface area contributed by atoms with Crippen molar-refractivity contribution in [1.29, 1.82) is 0 Å². The summed E-state index contributed by atoms with van der Waals surface area (Å²) in [4.78, 5) is 37.4. The first-order valence-corrected chi connectivity index (χ1v) is 11.3. The van der Waals surface area contributed by atoms with Crippen LogP contribution in [0.3, 0.4) is 0 Å². The molecular weight excluding hydrogens is 437 g/mol. The summed E-state index contributed by atoms with van der Waals surface area (Å²) in [6.45, 7) is 7.36. The van der Waals surface area contributed by atoms with E-state index in [-0.39, 0.29) is 6.04 Å². The Bertz CT molecular complexity index is 1240. The summed E-state index contributed by atoms with van der Waals surface area (Å²) in [6, 6.07) is 4.85. The van der Waals surface area contributed by atoms with Crippen LogP contribution in [0.25, 0.3) is 11.6 Å². The summed E-state index contributed by atoms with van der Waals surface area (Å²) >= 11 is 0. The van der Waals surface area contributed by atoms with Gasteiger partial charge in [0, 0.05) is 68.0 Å². The highest BCUT2D eigenvalue weighted by molar-refractivity contribution is 5.73. The number of aliphatic carboxylic acids is 1. The summed E-state index contributed by atoms with van der Waals surface area (Å²) in [6.07, 6.45) is 5.74. The molecule has 0 aliphatic carbocycles. The second-order valence-corrected chi connectivity index (χ2v) is 9.55. The Balaban J connectivity index is 1.42. The zero-order valence-electron chi connectivity index (χ0n) is 19.3. The molecule has 3 aromatic rings. The molecule has 176 valence electrons. The summed E-state index contributed by atoms with van der Waals surface area (Å²) in [5.41, 5.74) is 2.10. The van der Waals surface area contributed by atoms with Crippen LogP contribution in [0.15, 0.2) is 36.8 Å². The Morgan fingerprint density at radius 1 is 1.15 bits per heavy atom. The maximum atomic E-state index is 14.6. The first kappa shape index (κ1) is 22.1. The van der Waals surface area contributed by atoms with E-state index in [1.807, 2.05) is 36.6 Å². The average molecular weight is 464 g/mol. The first-order valence-electron chi connectivity index (χ1n) is 11.3. The van der Waals surface area contributed by atoms with Crippen LogP contribution in [0.4, 0.5) is 15.9 Å². The molecule has 5 rings (SSSR count). The third-order valence-electron chi connectivity index (χ3n) is 6.84. The molecular formula is C24H26FN7O2. The number of aromatic nitrogens is 5. The minimum Gasteiger partial charge on any atom is -0.481 e. The molecule has 2 atom stereocenters. The van der Waals surface area contributed by atoms with E-state index in [0.717, 1.165) is 11.3 Å². The van der Waals surface area contributed by atoms with Gasteiger partial charge < -0.3 is 14.9 Å².